The lowest BCUT2D eigenvalue weighted by Gasteiger charge is -2.48. The van der Waals surface area contributed by atoms with Crippen molar-refractivity contribution in [3.8, 4) is 0 Å². The van der Waals surface area contributed by atoms with Crippen LogP contribution in [0.4, 0.5) is 0 Å². The van der Waals surface area contributed by atoms with Crippen molar-refractivity contribution in [1.29, 1.82) is 0 Å². The van der Waals surface area contributed by atoms with Crippen molar-refractivity contribution in [3.63, 3.8) is 0 Å². The normalized spacial score (nSPS) is 24.0. The molecule has 1 rings (SSSR count). The molecule has 1 fully saturated rings. The van der Waals surface area contributed by atoms with E-state index in [2.05, 4.69) is 38.0 Å². The Hall–Kier alpha value is -0.0800. The Labute approximate surface area is 102 Å². The molecule has 16 heavy (non-hydrogen) atoms. The van der Waals surface area contributed by atoms with Gasteiger partial charge < -0.3 is 5.32 Å². The van der Waals surface area contributed by atoms with Gasteiger partial charge in [0, 0.05) is 11.6 Å². The molecule has 0 aromatic rings. The van der Waals surface area contributed by atoms with Crippen LogP contribution in [-0.2, 0) is 0 Å². The molecule has 0 radical (unpaired) electrons. The summed E-state index contributed by atoms with van der Waals surface area (Å²) in [4.78, 5) is 2.73. The molecule has 2 heteroatoms. The van der Waals surface area contributed by atoms with Crippen LogP contribution in [0.5, 0.6) is 0 Å². The maximum absolute atomic E-state index is 3.55. The van der Waals surface area contributed by atoms with Gasteiger partial charge >= 0.3 is 0 Å². The fourth-order valence-electron chi connectivity index (χ4n) is 3.15. The van der Waals surface area contributed by atoms with Gasteiger partial charge in [-0.25, -0.2) is 0 Å². The summed E-state index contributed by atoms with van der Waals surface area (Å²) in [6, 6.07) is 0.639. The van der Waals surface area contributed by atoms with Crippen LogP contribution in [0, 0.1) is 0 Å². The quantitative estimate of drug-likeness (QED) is 0.749. The van der Waals surface area contributed by atoms with E-state index in [0.29, 0.717) is 11.6 Å². The van der Waals surface area contributed by atoms with E-state index in [1.54, 1.807) is 0 Å². The largest absolute Gasteiger partial charge is 0.315 e. The maximum atomic E-state index is 3.55. The molecule has 96 valence electrons. The van der Waals surface area contributed by atoms with E-state index in [-0.39, 0.29) is 0 Å². The zero-order valence-electron chi connectivity index (χ0n) is 11.7. The first-order valence-electron chi connectivity index (χ1n) is 7.11. The van der Waals surface area contributed by atoms with E-state index in [1.807, 2.05) is 0 Å². The molecule has 1 N–H and O–H groups in total. The second-order valence-electron chi connectivity index (χ2n) is 5.39. The van der Waals surface area contributed by atoms with Gasteiger partial charge in [-0.2, -0.15) is 0 Å². The smallest absolute Gasteiger partial charge is 0.0331 e. The van der Waals surface area contributed by atoms with Crippen LogP contribution in [0.2, 0.25) is 0 Å². The predicted molar refractivity (Wildman–Crippen MR) is 71.9 cm³/mol. The minimum absolute atomic E-state index is 0.352. The van der Waals surface area contributed by atoms with Gasteiger partial charge in [0.15, 0.2) is 0 Å². The van der Waals surface area contributed by atoms with Crippen LogP contribution < -0.4 is 5.32 Å². The summed E-state index contributed by atoms with van der Waals surface area (Å²) in [7, 11) is 2.12. The number of hydrogen-bond acceptors (Lipinski definition) is 2. The van der Waals surface area contributed by atoms with E-state index in [0.717, 1.165) is 0 Å². The Morgan fingerprint density at radius 3 is 2.25 bits per heavy atom. The van der Waals surface area contributed by atoms with Crippen molar-refractivity contribution in [2.24, 2.45) is 0 Å². The summed E-state index contributed by atoms with van der Waals surface area (Å²) in [6.45, 7) is 9.68. The lowest BCUT2D eigenvalue weighted by Crippen LogP contribution is -2.59. The third-order valence-corrected chi connectivity index (χ3v) is 4.47. The van der Waals surface area contributed by atoms with E-state index in [1.165, 1.54) is 51.6 Å². The van der Waals surface area contributed by atoms with Gasteiger partial charge in [0.1, 0.15) is 0 Å². The monoisotopic (exact) mass is 226 g/mol. The number of likely N-dealkylation sites (tertiary alicyclic amines) is 1. The van der Waals surface area contributed by atoms with E-state index in [9.17, 15) is 0 Å². The van der Waals surface area contributed by atoms with Crippen LogP contribution in [-0.4, -0.2) is 36.6 Å². The van der Waals surface area contributed by atoms with Gasteiger partial charge in [-0.05, 0) is 52.7 Å². The second kappa shape index (κ2) is 6.61. The molecule has 2 atom stereocenters. The Bertz CT molecular complexity index is 180. The summed E-state index contributed by atoms with van der Waals surface area (Å²) in [6.07, 6.45) is 8.01. The van der Waals surface area contributed by atoms with Crippen molar-refractivity contribution in [2.45, 2.75) is 70.9 Å². The molecule has 1 saturated heterocycles. The number of hydrogen-bond donors (Lipinski definition) is 1. The average molecular weight is 226 g/mol. The van der Waals surface area contributed by atoms with Crippen molar-refractivity contribution < 1.29 is 0 Å². The standard InChI is InChI=1S/C14H30N2/c1-5-10-13(15-4)14(3,6-2)16-11-8-7-9-12-16/h13,15H,5-12H2,1-4H3. The fourth-order valence-corrected chi connectivity index (χ4v) is 3.15. The highest BCUT2D eigenvalue weighted by molar-refractivity contribution is 4.96. The number of nitrogens with zero attached hydrogens (tertiary/aromatic N) is 1. The van der Waals surface area contributed by atoms with Gasteiger partial charge in [-0.3, -0.25) is 4.90 Å². The summed E-state index contributed by atoms with van der Waals surface area (Å²) in [5, 5.41) is 3.55. The number of piperidine rings is 1. The third kappa shape index (κ3) is 2.98. The van der Waals surface area contributed by atoms with Crippen molar-refractivity contribution in [1.82, 2.24) is 10.2 Å². The van der Waals surface area contributed by atoms with Gasteiger partial charge in [0.25, 0.3) is 0 Å². The molecule has 0 amide bonds. The Morgan fingerprint density at radius 1 is 1.19 bits per heavy atom. The second-order valence-corrected chi connectivity index (χ2v) is 5.39. The zero-order valence-corrected chi connectivity index (χ0v) is 11.7. The van der Waals surface area contributed by atoms with Gasteiger partial charge in [0.2, 0.25) is 0 Å². The summed E-state index contributed by atoms with van der Waals surface area (Å²) in [5.41, 5.74) is 0.352. The minimum atomic E-state index is 0.352. The molecule has 1 aliphatic heterocycles. The van der Waals surface area contributed by atoms with Crippen LogP contribution in [0.25, 0.3) is 0 Å². The van der Waals surface area contributed by atoms with Gasteiger partial charge in [-0.15, -0.1) is 0 Å². The first-order chi connectivity index (χ1) is 7.69. The first-order valence-corrected chi connectivity index (χ1v) is 7.11. The number of likely N-dealkylation sites (N-methyl/N-ethyl adjacent to an activating group) is 1. The van der Waals surface area contributed by atoms with Crippen LogP contribution >= 0.6 is 0 Å². The lowest BCUT2D eigenvalue weighted by atomic mass is 9.83. The average Bonchev–Trinajstić information content (AvgIpc) is 2.36. The molecule has 0 aromatic carbocycles. The highest BCUT2D eigenvalue weighted by Crippen LogP contribution is 2.29. The summed E-state index contributed by atoms with van der Waals surface area (Å²) < 4.78 is 0. The Kier molecular flexibility index (Phi) is 5.77. The Morgan fingerprint density at radius 2 is 1.81 bits per heavy atom. The molecule has 2 nitrogen and oxygen atoms in total. The molecule has 0 bridgehead atoms. The molecule has 0 saturated carbocycles. The zero-order chi connectivity index (χ0) is 12.0. The molecule has 0 aromatic heterocycles. The van der Waals surface area contributed by atoms with Crippen molar-refractivity contribution in [2.75, 3.05) is 20.1 Å². The molecule has 1 aliphatic rings. The van der Waals surface area contributed by atoms with Crippen molar-refractivity contribution >= 4 is 0 Å². The third-order valence-electron chi connectivity index (χ3n) is 4.47. The highest BCUT2D eigenvalue weighted by atomic mass is 15.2. The fraction of sp³-hybridized carbons (Fsp3) is 1.00. The van der Waals surface area contributed by atoms with Crippen LogP contribution in [0.15, 0.2) is 0 Å². The Balaban J connectivity index is 2.71. The van der Waals surface area contributed by atoms with Crippen molar-refractivity contribution in [3.05, 3.63) is 0 Å². The molecule has 1 heterocycles. The predicted octanol–water partition coefficient (Wildman–Crippen LogP) is 3.03. The SMILES string of the molecule is CCCC(NC)C(C)(CC)N1CCCCC1. The molecule has 2 unspecified atom stereocenters. The molecular formula is C14H30N2. The summed E-state index contributed by atoms with van der Waals surface area (Å²) >= 11 is 0. The maximum Gasteiger partial charge on any atom is 0.0331 e. The van der Waals surface area contributed by atoms with E-state index >= 15 is 0 Å². The van der Waals surface area contributed by atoms with E-state index in [4.69, 9.17) is 0 Å². The summed E-state index contributed by atoms with van der Waals surface area (Å²) in [5.74, 6) is 0. The topological polar surface area (TPSA) is 15.3 Å². The number of nitrogens with one attached hydrogen (secondary N) is 1. The molecule has 0 aliphatic carbocycles. The van der Waals surface area contributed by atoms with E-state index < -0.39 is 0 Å². The van der Waals surface area contributed by atoms with Crippen LogP contribution in [0.1, 0.15) is 59.3 Å². The highest BCUT2D eigenvalue weighted by Gasteiger charge is 2.37. The number of rotatable bonds is 6. The molecule has 0 spiro atoms. The lowest BCUT2D eigenvalue weighted by molar-refractivity contribution is 0.0424. The molecular weight excluding hydrogens is 196 g/mol. The minimum Gasteiger partial charge on any atom is -0.315 e. The van der Waals surface area contributed by atoms with Gasteiger partial charge in [-0.1, -0.05) is 26.7 Å². The first kappa shape index (κ1) is 14.0. The van der Waals surface area contributed by atoms with Crippen LogP contribution in [0.3, 0.4) is 0 Å². The van der Waals surface area contributed by atoms with Gasteiger partial charge in [0.05, 0.1) is 0 Å².